The maximum absolute atomic E-state index is 14.0. The number of fused-ring (bicyclic) bond motifs is 2. The average Bonchev–Trinajstić information content (AvgIpc) is 3.55. The molecule has 4 aromatic rings. The molecule has 0 saturated heterocycles. The van der Waals surface area contributed by atoms with E-state index in [-0.39, 0.29) is 19.0 Å². The maximum atomic E-state index is 14.0. The number of hydrogen-bond donors (Lipinski definition) is 0. The van der Waals surface area contributed by atoms with Crippen LogP contribution >= 0.6 is 56.5 Å². The lowest BCUT2D eigenvalue weighted by molar-refractivity contribution is -0.139. The van der Waals surface area contributed by atoms with Crippen LogP contribution in [0.1, 0.15) is 36.6 Å². The second-order valence-electron chi connectivity index (χ2n) is 9.52. The van der Waals surface area contributed by atoms with E-state index in [0.717, 1.165) is 24.0 Å². The number of allylic oxidation sites excluding steroid dienone is 1. The van der Waals surface area contributed by atoms with Crippen molar-refractivity contribution in [2.45, 2.75) is 26.5 Å². The Hall–Kier alpha value is -3.17. The second kappa shape index (κ2) is 12.2. The lowest BCUT2D eigenvalue weighted by Gasteiger charge is -2.24. The van der Waals surface area contributed by atoms with E-state index < -0.39 is 12.0 Å². The van der Waals surface area contributed by atoms with E-state index in [1.54, 1.807) is 30.5 Å². The monoisotopic (exact) mass is 806 g/mol. The first kappa shape index (κ1) is 28.9. The van der Waals surface area contributed by atoms with Gasteiger partial charge in [-0.3, -0.25) is 9.36 Å². The van der Waals surface area contributed by atoms with Gasteiger partial charge < -0.3 is 18.9 Å². The Bertz CT molecular complexity index is 1930. The van der Waals surface area contributed by atoms with E-state index in [4.69, 9.17) is 18.9 Å². The van der Waals surface area contributed by atoms with Crippen LogP contribution in [0.25, 0.3) is 6.08 Å². The molecule has 6 rings (SSSR count). The van der Waals surface area contributed by atoms with Crippen LogP contribution in [0.3, 0.4) is 0 Å². The van der Waals surface area contributed by atoms with Gasteiger partial charge in [0.25, 0.3) is 5.56 Å². The number of ether oxygens (including phenoxy) is 4. The minimum atomic E-state index is -0.729. The third kappa shape index (κ3) is 5.73. The molecule has 0 aliphatic carbocycles. The molecular weight excluding hydrogens is 782 g/mol. The first-order valence-corrected chi connectivity index (χ1v) is 16.1. The van der Waals surface area contributed by atoms with Crippen LogP contribution in [0.15, 0.2) is 81.7 Å². The van der Waals surface area contributed by atoms with Crippen LogP contribution in [0, 0.1) is 7.14 Å². The van der Waals surface area contributed by atoms with Crippen LogP contribution in [0.4, 0.5) is 0 Å². The zero-order chi connectivity index (χ0) is 29.4. The van der Waals surface area contributed by atoms with Crippen molar-refractivity contribution in [3.63, 3.8) is 0 Å². The number of thiazole rings is 1. The maximum Gasteiger partial charge on any atom is 0.338 e. The van der Waals surface area contributed by atoms with Gasteiger partial charge in [0.15, 0.2) is 16.3 Å². The highest BCUT2D eigenvalue weighted by atomic mass is 127. The van der Waals surface area contributed by atoms with Crippen LogP contribution in [0.5, 0.6) is 17.2 Å². The first-order valence-electron chi connectivity index (χ1n) is 13.1. The molecule has 214 valence electrons. The van der Waals surface area contributed by atoms with Crippen LogP contribution in [-0.4, -0.2) is 23.9 Å². The minimum absolute atomic E-state index is 0.120. The van der Waals surface area contributed by atoms with Gasteiger partial charge >= 0.3 is 5.97 Å². The largest absolute Gasteiger partial charge is 0.488 e. The second-order valence-corrected chi connectivity index (χ2v) is 12.9. The van der Waals surface area contributed by atoms with E-state index in [2.05, 4.69) is 56.2 Å². The highest BCUT2D eigenvalue weighted by Crippen LogP contribution is 2.38. The number of nitrogens with zero attached hydrogens (tertiary/aromatic N) is 2. The summed E-state index contributed by atoms with van der Waals surface area (Å²) < 4.78 is 26.8. The summed E-state index contributed by atoms with van der Waals surface area (Å²) in [6.07, 6.45) is 1.85. The fourth-order valence-electron chi connectivity index (χ4n) is 4.87. The lowest BCUT2D eigenvalue weighted by atomic mass is 9.95. The highest BCUT2D eigenvalue weighted by Gasteiger charge is 2.34. The van der Waals surface area contributed by atoms with Crippen molar-refractivity contribution < 1.29 is 23.7 Å². The van der Waals surface area contributed by atoms with Crippen molar-refractivity contribution in [2.24, 2.45) is 4.99 Å². The zero-order valence-electron chi connectivity index (χ0n) is 22.6. The molecule has 2 aliphatic rings. The van der Waals surface area contributed by atoms with Gasteiger partial charge in [0, 0.05) is 3.57 Å². The van der Waals surface area contributed by atoms with Gasteiger partial charge in [-0.05, 0) is 118 Å². The smallest absolute Gasteiger partial charge is 0.338 e. The Balaban J connectivity index is 1.38. The number of benzene rings is 3. The van der Waals surface area contributed by atoms with Crippen molar-refractivity contribution in [3.8, 4) is 17.2 Å². The van der Waals surface area contributed by atoms with Gasteiger partial charge in [0.05, 0.1) is 32.0 Å². The Morgan fingerprint density at radius 2 is 1.95 bits per heavy atom. The quantitative estimate of drug-likeness (QED) is 0.186. The van der Waals surface area contributed by atoms with Crippen molar-refractivity contribution >= 4 is 68.6 Å². The fraction of sp³-hybridized carbons (Fsp3) is 0.194. The van der Waals surface area contributed by atoms with E-state index in [1.165, 1.54) is 11.3 Å². The number of esters is 1. The number of halogens is 2. The summed E-state index contributed by atoms with van der Waals surface area (Å²) in [7, 11) is 0. The first-order chi connectivity index (χ1) is 20.3. The standard InChI is InChI=1S/C31H24I2N2O6S/c1-3-38-30(37)27-17(2)34-31-35(28(27)20-7-9-24-25(13-20)41-16-40-24)29(36)26(42-31)12-18-5-4-6-19(11-18)15-39-23-10-8-21(32)14-22(23)33/h4-14,28H,3,15-16H2,1-2H3/b26-12-/t28-/m1/s1. The fourth-order valence-corrected chi connectivity index (χ4v) is 7.67. The van der Waals surface area contributed by atoms with E-state index in [0.29, 0.717) is 44.3 Å². The minimum Gasteiger partial charge on any atom is -0.488 e. The van der Waals surface area contributed by atoms with Gasteiger partial charge in [-0.25, -0.2) is 9.79 Å². The summed E-state index contributed by atoms with van der Waals surface area (Å²) in [5.41, 5.74) is 3.12. The Morgan fingerprint density at radius 3 is 2.76 bits per heavy atom. The molecule has 3 heterocycles. The summed E-state index contributed by atoms with van der Waals surface area (Å²) in [5, 5.41) is 0. The predicted octanol–water partition coefficient (Wildman–Crippen LogP) is 5.32. The molecule has 0 unspecified atom stereocenters. The number of carbonyl (C=O) groups excluding carboxylic acids is 1. The summed E-state index contributed by atoms with van der Waals surface area (Å²) in [6, 6.07) is 18.6. The van der Waals surface area contributed by atoms with E-state index in [1.807, 2.05) is 48.5 Å². The Kier molecular flexibility index (Phi) is 8.41. The average molecular weight is 806 g/mol. The van der Waals surface area contributed by atoms with Gasteiger partial charge in [0.1, 0.15) is 12.4 Å². The molecule has 2 aliphatic heterocycles. The number of hydrogen-bond acceptors (Lipinski definition) is 8. The molecule has 0 fully saturated rings. The molecule has 3 aromatic carbocycles. The predicted molar refractivity (Wildman–Crippen MR) is 176 cm³/mol. The lowest BCUT2D eigenvalue weighted by Crippen LogP contribution is -2.39. The SMILES string of the molecule is CCOC(=O)C1=C(C)N=c2s/c(=C\c3cccc(COc4ccc(I)cc4I)c3)c(=O)n2[C@@H]1c1ccc2c(c1)OCO2. The molecular formula is C31H24I2N2O6S. The molecule has 0 amide bonds. The van der Waals surface area contributed by atoms with Gasteiger partial charge in [-0.2, -0.15) is 0 Å². The molecule has 0 spiro atoms. The van der Waals surface area contributed by atoms with Crippen LogP contribution in [-0.2, 0) is 16.1 Å². The third-order valence-corrected chi connectivity index (χ3v) is 9.26. The number of carbonyl (C=O) groups is 1. The van der Waals surface area contributed by atoms with Gasteiger partial charge in [0.2, 0.25) is 6.79 Å². The molecule has 11 heteroatoms. The van der Waals surface area contributed by atoms with E-state index in [9.17, 15) is 9.59 Å². The molecule has 0 N–H and O–H groups in total. The molecule has 8 nitrogen and oxygen atoms in total. The van der Waals surface area contributed by atoms with Gasteiger partial charge in [-0.15, -0.1) is 0 Å². The molecule has 42 heavy (non-hydrogen) atoms. The summed E-state index contributed by atoms with van der Waals surface area (Å²) in [5.74, 6) is 1.49. The Morgan fingerprint density at radius 1 is 1.12 bits per heavy atom. The van der Waals surface area contributed by atoms with E-state index >= 15 is 0 Å². The van der Waals surface area contributed by atoms with Crippen molar-refractivity contribution in [1.82, 2.24) is 4.57 Å². The topological polar surface area (TPSA) is 88.4 Å². The molecule has 1 aromatic heterocycles. The Labute approximate surface area is 272 Å². The summed E-state index contributed by atoms with van der Waals surface area (Å²) in [4.78, 5) is 32.3. The molecule has 0 bridgehead atoms. The van der Waals surface area contributed by atoms with Crippen LogP contribution < -0.4 is 29.1 Å². The van der Waals surface area contributed by atoms with Gasteiger partial charge in [-0.1, -0.05) is 35.6 Å². The van der Waals surface area contributed by atoms with Crippen molar-refractivity contribution in [1.29, 1.82) is 0 Å². The number of aromatic nitrogens is 1. The van der Waals surface area contributed by atoms with Crippen LogP contribution in [0.2, 0.25) is 0 Å². The molecule has 1 atom stereocenters. The zero-order valence-corrected chi connectivity index (χ0v) is 27.7. The third-order valence-electron chi connectivity index (χ3n) is 6.77. The van der Waals surface area contributed by atoms with Crippen molar-refractivity contribution in [3.05, 3.63) is 115 Å². The number of rotatable bonds is 7. The molecule has 0 saturated carbocycles. The highest BCUT2D eigenvalue weighted by molar-refractivity contribution is 14.1. The summed E-state index contributed by atoms with van der Waals surface area (Å²) >= 11 is 5.83. The summed E-state index contributed by atoms with van der Waals surface area (Å²) in [6.45, 7) is 4.23. The molecule has 0 radical (unpaired) electrons. The normalized spacial score (nSPS) is 15.8. The van der Waals surface area contributed by atoms with Crippen molar-refractivity contribution in [2.75, 3.05) is 13.4 Å².